The van der Waals surface area contributed by atoms with E-state index in [0.717, 1.165) is 12.1 Å². The molecule has 8 heteroatoms. The first-order valence-corrected chi connectivity index (χ1v) is 9.75. The van der Waals surface area contributed by atoms with E-state index in [1.165, 1.54) is 17.0 Å². The number of hydrogen-bond acceptors (Lipinski definition) is 3. The molecule has 0 bridgehead atoms. The highest BCUT2D eigenvalue weighted by Gasteiger charge is 2.36. The maximum absolute atomic E-state index is 12.7. The standard InChI is InChI=1S/C23H21F3N2O3/c1-2-31-20-11-4-3-10-19(20)28-15-17(14-21(28)29)22(30)27-12-6-8-16-7-5-9-18(13-16)23(24,25)26/h3-5,7,9-11,13,17H,2,12,14-15H2,1H3,(H,27,30). The molecule has 1 unspecified atom stereocenters. The van der Waals surface area contributed by atoms with Gasteiger partial charge in [0.1, 0.15) is 5.75 Å². The minimum absolute atomic E-state index is 0.0324. The summed E-state index contributed by atoms with van der Waals surface area (Å²) in [4.78, 5) is 26.4. The number of ether oxygens (including phenoxy) is 1. The van der Waals surface area contributed by atoms with E-state index >= 15 is 0 Å². The number of halogens is 3. The zero-order chi connectivity index (χ0) is 22.4. The molecule has 1 aliphatic rings. The molecule has 162 valence electrons. The van der Waals surface area contributed by atoms with Gasteiger partial charge in [-0.05, 0) is 37.3 Å². The average Bonchev–Trinajstić information content (AvgIpc) is 3.13. The monoisotopic (exact) mass is 430 g/mol. The van der Waals surface area contributed by atoms with Crippen molar-refractivity contribution in [1.29, 1.82) is 0 Å². The molecule has 1 heterocycles. The van der Waals surface area contributed by atoms with E-state index in [0.29, 0.717) is 18.0 Å². The van der Waals surface area contributed by atoms with Crippen LogP contribution in [-0.2, 0) is 15.8 Å². The van der Waals surface area contributed by atoms with Crippen molar-refractivity contribution in [2.24, 2.45) is 5.92 Å². The van der Waals surface area contributed by atoms with Crippen LogP contribution >= 0.6 is 0 Å². The number of carbonyl (C=O) groups is 2. The van der Waals surface area contributed by atoms with Crippen molar-refractivity contribution in [1.82, 2.24) is 5.32 Å². The van der Waals surface area contributed by atoms with Gasteiger partial charge < -0.3 is 15.0 Å². The Labute approximate surface area is 178 Å². The number of rotatable bonds is 5. The minimum atomic E-state index is -4.44. The van der Waals surface area contributed by atoms with Gasteiger partial charge in [-0.1, -0.05) is 30.0 Å². The zero-order valence-electron chi connectivity index (χ0n) is 16.8. The Hall–Kier alpha value is -3.47. The molecule has 0 spiro atoms. The van der Waals surface area contributed by atoms with Crippen LogP contribution in [0, 0.1) is 17.8 Å². The van der Waals surface area contributed by atoms with E-state index in [1.807, 2.05) is 13.0 Å². The summed E-state index contributed by atoms with van der Waals surface area (Å²) in [6, 6.07) is 11.8. The molecule has 0 saturated carbocycles. The Balaban J connectivity index is 1.58. The molecule has 1 N–H and O–H groups in total. The van der Waals surface area contributed by atoms with Crippen LogP contribution in [0.2, 0.25) is 0 Å². The first kappa shape index (κ1) is 22.2. The van der Waals surface area contributed by atoms with Crippen LogP contribution in [0.5, 0.6) is 5.75 Å². The Morgan fingerprint density at radius 3 is 2.74 bits per heavy atom. The molecular formula is C23H21F3N2O3. The summed E-state index contributed by atoms with van der Waals surface area (Å²) in [5.74, 6) is 4.78. The molecule has 0 aromatic heterocycles. The summed E-state index contributed by atoms with van der Waals surface area (Å²) in [7, 11) is 0. The number of nitrogens with one attached hydrogen (secondary N) is 1. The van der Waals surface area contributed by atoms with Gasteiger partial charge in [-0.3, -0.25) is 9.59 Å². The van der Waals surface area contributed by atoms with Crippen molar-refractivity contribution in [2.75, 3.05) is 24.6 Å². The van der Waals surface area contributed by atoms with E-state index < -0.39 is 17.7 Å². The van der Waals surface area contributed by atoms with E-state index in [1.54, 1.807) is 18.2 Å². The minimum Gasteiger partial charge on any atom is -0.492 e. The molecule has 31 heavy (non-hydrogen) atoms. The van der Waals surface area contributed by atoms with Gasteiger partial charge >= 0.3 is 6.18 Å². The second kappa shape index (κ2) is 9.56. The number of nitrogens with zero attached hydrogens (tertiary/aromatic N) is 1. The fraction of sp³-hybridized carbons (Fsp3) is 0.304. The molecule has 1 fully saturated rings. The van der Waals surface area contributed by atoms with Crippen LogP contribution < -0.4 is 15.0 Å². The highest BCUT2D eigenvalue weighted by Crippen LogP contribution is 2.33. The Bertz CT molecular complexity index is 1020. The Kier molecular flexibility index (Phi) is 6.85. The molecule has 2 amide bonds. The van der Waals surface area contributed by atoms with Crippen molar-refractivity contribution in [3.05, 3.63) is 59.7 Å². The SMILES string of the molecule is CCOc1ccccc1N1CC(C(=O)NCC#Cc2cccc(C(F)(F)F)c2)CC1=O. The number of anilines is 1. The van der Waals surface area contributed by atoms with E-state index in [-0.39, 0.29) is 36.9 Å². The normalized spacial score (nSPS) is 15.9. The quantitative estimate of drug-likeness (QED) is 0.738. The second-order valence-corrected chi connectivity index (χ2v) is 6.90. The molecule has 0 radical (unpaired) electrons. The summed E-state index contributed by atoms with van der Waals surface area (Å²) >= 11 is 0. The van der Waals surface area contributed by atoms with Crippen molar-refractivity contribution in [2.45, 2.75) is 19.5 Å². The fourth-order valence-electron chi connectivity index (χ4n) is 3.27. The Morgan fingerprint density at radius 2 is 2.00 bits per heavy atom. The molecule has 3 rings (SSSR count). The predicted octanol–water partition coefficient (Wildman–Crippen LogP) is 3.62. The molecule has 1 aliphatic heterocycles. The lowest BCUT2D eigenvalue weighted by Gasteiger charge is -2.20. The molecule has 5 nitrogen and oxygen atoms in total. The van der Waals surface area contributed by atoms with Gasteiger partial charge in [0.2, 0.25) is 11.8 Å². The predicted molar refractivity (Wildman–Crippen MR) is 109 cm³/mol. The van der Waals surface area contributed by atoms with Crippen molar-refractivity contribution >= 4 is 17.5 Å². The number of alkyl halides is 3. The van der Waals surface area contributed by atoms with Crippen LogP contribution in [-0.4, -0.2) is 31.5 Å². The third-order valence-electron chi connectivity index (χ3n) is 4.73. The number of carbonyl (C=O) groups excluding carboxylic acids is 2. The number of hydrogen-bond donors (Lipinski definition) is 1. The molecule has 1 atom stereocenters. The van der Waals surface area contributed by atoms with Gasteiger partial charge in [-0.2, -0.15) is 13.2 Å². The van der Waals surface area contributed by atoms with Crippen molar-refractivity contribution in [3.8, 4) is 17.6 Å². The lowest BCUT2D eigenvalue weighted by molar-refractivity contribution is -0.137. The number of para-hydroxylation sites is 2. The second-order valence-electron chi connectivity index (χ2n) is 6.90. The van der Waals surface area contributed by atoms with Gasteiger partial charge in [0.15, 0.2) is 0 Å². The summed E-state index contributed by atoms with van der Waals surface area (Å²) in [5.41, 5.74) is 0.0491. The molecule has 0 aliphatic carbocycles. The Morgan fingerprint density at radius 1 is 1.23 bits per heavy atom. The molecule has 2 aromatic carbocycles. The average molecular weight is 430 g/mol. The van der Waals surface area contributed by atoms with E-state index in [2.05, 4.69) is 17.2 Å². The summed E-state index contributed by atoms with van der Waals surface area (Å²) in [6.45, 7) is 2.48. The number of benzene rings is 2. The van der Waals surface area contributed by atoms with Gasteiger partial charge in [0.25, 0.3) is 0 Å². The van der Waals surface area contributed by atoms with Gasteiger partial charge in [-0.25, -0.2) is 0 Å². The summed E-state index contributed by atoms with van der Waals surface area (Å²) in [5, 5.41) is 2.63. The van der Waals surface area contributed by atoms with Crippen LogP contribution in [0.15, 0.2) is 48.5 Å². The van der Waals surface area contributed by atoms with Gasteiger partial charge in [0, 0.05) is 18.5 Å². The van der Waals surface area contributed by atoms with E-state index in [9.17, 15) is 22.8 Å². The lowest BCUT2D eigenvalue weighted by atomic mass is 10.1. The maximum atomic E-state index is 12.7. The smallest absolute Gasteiger partial charge is 0.416 e. The maximum Gasteiger partial charge on any atom is 0.416 e. The van der Waals surface area contributed by atoms with Crippen LogP contribution in [0.1, 0.15) is 24.5 Å². The molecule has 1 saturated heterocycles. The van der Waals surface area contributed by atoms with Gasteiger partial charge in [-0.15, -0.1) is 0 Å². The first-order valence-electron chi connectivity index (χ1n) is 9.75. The fourth-order valence-corrected chi connectivity index (χ4v) is 3.27. The van der Waals surface area contributed by atoms with Crippen LogP contribution in [0.3, 0.4) is 0 Å². The topological polar surface area (TPSA) is 58.6 Å². The van der Waals surface area contributed by atoms with Crippen LogP contribution in [0.25, 0.3) is 0 Å². The highest BCUT2D eigenvalue weighted by molar-refractivity contribution is 6.01. The number of amides is 2. The summed E-state index contributed by atoms with van der Waals surface area (Å²) in [6.07, 6.45) is -4.37. The zero-order valence-corrected chi connectivity index (χ0v) is 16.8. The van der Waals surface area contributed by atoms with Crippen molar-refractivity contribution in [3.63, 3.8) is 0 Å². The third kappa shape index (κ3) is 5.57. The first-order chi connectivity index (χ1) is 14.8. The third-order valence-corrected chi connectivity index (χ3v) is 4.73. The molecule has 2 aromatic rings. The highest BCUT2D eigenvalue weighted by atomic mass is 19.4. The lowest BCUT2D eigenvalue weighted by Crippen LogP contribution is -2.33. The molecular weight excluding hydrogens is 409 g/mol. The summed E-state index contributed by atoms with van der Waals surface area (Å²) < 4.78 is 43.8. The van der Waals surface area contributed by atoms with E-state index in [4.69, 9.17) is 4.74 Å². The van der Waals surface area contributed by atoms with Crippen LogP contribution in [0.4, 0.5) is 18.9 Å². The van der Waals surface area contributed by atoms with Crippen molar-refractivity contribution < 1.29 is 27.5 Å². The largest absolute Gasteiger partial charge is 0.492 e. The van der Waals surface area contributed by atoms with Gasteiger partial charge in [0.05, 0.1) is 30.3 Å².